The zero-order valence-corrected chi connectivity index (χ0v) is 15.9. The number of aryl methyl sites for hydroxylation is 1. The van der Waals surface area contributed by atoms with Crippen molar-refractivity contribution in [2.45, 2.75) is 89.4 Å². The molecule has 0 spiro atoms. The molecule has 1 aromatic carbocycles. The predicted octanol–water partition coefficient (Wildman–Crippen LogP) is 3.90. The van der Waals surface area contributed by atoms with Gasteiger partial charge in [-0.15, -0.1) is 0 Å². The van der Waals surface area contributed by atoms with Crippen LogP contribution in [0.2, 0.25) is 0 Å². The zero-order valence-electron chi connectivity index (χ0n) is 15.9. The van der Waals surface area contributed by atoms with E-state index < -0.39 is 17.3 Å². The van der Waals surface area contributed by atoms with Crippen molar-refractivity contribution in [1.29, 1.82) is 0 Å². The van der Waals surface area contributed by atoms with Crippen LogP contribution in [0, 0.1) is 5.92 Å². The Bertz CT molecular complexity index is 635. The topological polar surface area (TPSA) is 69.9 Å². The number of ether oxygens (including phenoxy) is 1. The molecule has 1 heterocycles. The van der Waals surface area contributed by atoms with Crippen molar-refractivity contribution in [2.24, 2.45) is 5.92 Å². The molecule has 1 aliphatic heterocycles. The number of aromatic hydroxyl groups is 1. The van der Waals surface area contributed by atoms with Crippen molar-refractivity contribution in [2.75, 3.05) is 0 Å². The molecular weight excluding hydrogens is 316 g/mol. The van der Waals surface area contributed by atoms with E-state index in [0.717, 1.165) is 29.7 Å². The average molecular weight is 348 g/mol. The van der Waals surface area contributed by atoms with Crippen LogP contribution in [-0.2, 0) is 6.42 Å². The Labute approximate surface area is 150 Å². The van der Waals surface area contributed by atoms with Crippen molar-refractivity contribution in [3.05, 3.63) is 23.3 Å². The summed E-state index contributed by atoms with van der Waals surface area (Å²) in [4.78, 5) is 0. The number of unbranched alkanes of at least 4 members (excludes halogenated alkanes) is 2. The molecule has 0 radical (unpaired) electrons. The van der Waals surface area contributed by atoms with Crippen molar-refractivity contribution in [3.63, 3.8) is 0 Å². The molecule has 1 fully saturated rings. The molecule has 0 aromatic heterocycles. The van der Waals surface area contributed by atoms with Gasteiger partial charge in [0.15, 0.2) is 0 Å². The van der Waals surface area contributed by atoms with Crippen molar-refractivity contribution in [3.8, 4) is 11.5 Å². The summed E-state index contributed by atoms with van der Waals surface area (Å²) < 4.78 is 6.28. The highest BCUT2D eigenvalue weighted by Gasteiger charge is 2.53. The van der Waals surface area contributed by atoms with Gasteiger partial charge in [-0.05, 0) is 64.2 Å². The van der Waals surface area contributed by atoms with E-state index in [0.29, 0.717) is 12.8 Å². The molecule has 3 rings (SSSR count). The lowest BCUT2D eigenvalue weighted by Crippen LogP contribution is -2.55. The molecule has 1 aromatic rings. The van der Waals surface area contributed by atoms with Crippen molar-refractivity contribution < 1.29 is 20.1 Å². The van der Waals surface area contributed by atoms with E-state index in [2.05, 4.69) is 13.0 Å². The Hall–Kier alpha value is -1.26. The van der Waals surface area contributed by atoms with Crippen LogP contribution < -0.4 is 4.74 Å². The van der Waals surface area contributed by atoms with Crippen LogP contribution in [0.15, 0.2) is 12.1 Å². The van der Waals surface area contributed by atoms with E-state index >= 15 is 0 Å². The maximum atomic E-state index is 10.7. The number of phenolic OH excluding ortho intramolecular Hbond substituents is 1. The van der Waals surface area contributed by atoms with Gasteiger partial charge in [0, 0.05) is 17.4 Å². The second kappa shape index (κ2) is 6.48. The molecule has 4 atom stereocenters. The zero-order chi connectivity index (χ0) is 18.4. The lowest BCUT2D eigenvalue weighted by molar-refractivity contribution is -0.137. The van der Waals surface area contributed by atoms with E-state index in [1.165, 1.54) is 12.8 Å². The van der Waals surface area contributed by atoms with Gasteiger partial charge >= 0.3 is 0 Å². The molecule has 0 saturated heterocycles. The highest BCUT2D eigenvalue weighted by atomic mass is 16.5. The molecule has 2 aliphatic rings. The summed E-state index contributed by atoms with van der Waals surface area (Å²) in [6.07, 6.45) is 4.52. The number of benzene rings is 1. The number of phenols is 1. The molecule has 1 saturated carbocycles. The summed E-state index contributed by atoms with van der Waals surface area (Å²) in [6, 6.07) is 3.91. The largest absolute Gasteiger partial charge is 0.508 e. The minimum atomic E-state index is -1.14. The van der Waals surface area contributed by atoms with Crippen LogP contribution in [0.1, 0.15) is 76.8 Å². The van der Waals surface area contributed by atoms with Gasteiger partial charge in [-0.1, -0.05) is 19.8 Å². The fourth-order valence-electron chi connectivity index (χ4n) is 4.66. The molecule has 25 heavy (non-hydrogen) atoms. The quantitative estimate of drug-likeness (QED) is 0.722. The lowest BCUT2D eigenvalue weighted by atomic mass is 9.62. The summed E-state index contributed by atoms with van der Waals surface area (Å²) in [5, 5.41) is 31.6. The normalized spacial score (nSPS) is 33.3. The highest BCUT2D eigenvalue weighted by molar-refractivity contribution is 5.52. The van der Waals surface area contributed by atoms with Gasteiger partial charge in [0.2, 0.25) is 0 Å². The van der Waals surface area contributed by atoms with Crippen LogP contribution in [0.5, 0.6) is 11.5 Å². The second-order valence-electron chi connectivity index (χ2n) is 8.72. The Kier molecular flexibility index (Phi) is 4.80. The maximum absolute atomic E-state index is 10.7. The van der Waals surface area contributed by atoms with E-state index in [-0.39, 0.29) is 17.6 Å². The molecule has 4 nitrogen and oxygen atoms in total. The first kappa shape index (κ1) is 18.5. The summed E-state index contributed by atoms with van der Waals surface area (Å²) in [7, 11) is 0. The summed E-state index contributed by atoms with van der Waals surface area (Å²) in [5.74, 6) is 1.06. The first-order valence-corrected chi connectivity index (χ1v) is 9.61. The fraction of sp³-hybridized carbons (Fsp3) is 0.714. The lowest BCUT2D eigenvalue weighted by Gasteiger charge is -2.52. The second-order valence-corrected chi connectivity index (χ2v) is 8.72. The van der Waals surface area contributed by atoms with E-state index in [1.807, 2.05) is 19.9 Å². The summed E-state index contributed by atoms with van der Waals surface area (Å²) in [5.41, 5.74) is 0.319. The number of fused-ring (bicyclic) bond motifs is 3. The minimum Gasteiger partial charge on any atom is -0.508 e. The number of hydrogen-bond acceptors (Lipinski definition) is 4. The third kappa shape index (κ3) is 3.39. The Morgan fingerprint density at radius 3 is 2.60 bits per heavy atom. The number of hydrogen-bond donors (Lipinski definition) is 3. The molecule has 3 N–H and O–H groups in total. The van der Waals surface area contributed by atoms with Gasteiger partial charge in [-0.3, -0.25) is 0 Å². The van der Waals surface area contributed by atoms with Crippen molar-refractivity contribution >= 4 is 0 Å². The SMILES string of the molecule is CCCCCc1cc(O)c2c(c1)OC(C)(C)C1CC(O)C(C)(O)CC21. The molecule has 140 valence electrons. The number of rotatable bonds is 4. The van der Waals surface area contributed by atoms with Gasteiger partial charge in [-0.25, -0.2) is 0 Å². The molecule has 1 aliphatic carbocycles. The third-order valence-electron chi connectivity index (χ3n) is 6.20. The monoisotopic (exact) mass is 348 g/mol. The third-order valence-corrected chi connectivity index (χ3v) is 6.20. The highest BCUT2D eigenvalue weighted by Crippen LogP contribution is 2.56. The van der Waals surface area contributed by atoms with Crippen LogP contribution in [0.3, 0.4) is 0 Å². The van der Waals surface area contributed by atoms with Gasteiger partial charge in [0.1, 0.15) is 17.1 Å². The maximum Gasteiger partial charge on any atom is 0.127 e. The van der Waals surface area contributed by atoms with Gasteiger partial charge in [0.25, 0.3) is 0 Å². The van der Waals surface area contributed by atoms with Crippen LogP contribution >= 0.6 is 0 Å². The molecular formula is C21H32O4. The first-order chi connectivity index (χ1) is 11.7. The molecule has 0 bridgehead atoms. The standard InChI is InChI=1S/C21H32O4/c1-5-6-7-8-13-9-16(22)19-14-12-21(4,24)18(23)11-15(14)20(2,3)25-17(19)10-13/h9-10,14-15,18,22-24H,5-8,11-12H2,1-4H3. The Morgan fingerprint density at radius 1 is 1.20 bits per heavy atom. The number of aliphatic hydroxyl groups excluding tert-OH is 1. The Balaban J connectivity index is 1.98. The van der Waals surface area contributed by atoms with Gasteiger partial charge in [-0.2, -0.15) is 0 Å². The molecule has 4 unspecified atom stereocenters. The van der Waals surface area contributed by atoms with Crippen LogP contribution in [-0.4, -0.2) is 32.6 Å². The van der Waals surface area contributed by atoms with E-state index in [1.54, 1.807) is 6.92 Å². The van der Waals surface area contributed by atoms with Crippen LogP contribution in [0.25, 0.3) is 0 Å². The molecule has 0 amide bonds. The molecule has 4 heteroatoms. The van der Waals surface area contributed by atoms with Crippen LogP contribution in [0.4, 0.5) is 0 Å². The van der Waals surface area contributed by atoms with Gasteiger partial charge in [0.05, 0.1) is 11.7 Å². The predicted molar refractivity (Wildman–Crippen MR) is 98.1 cm³/mol. The fourth-order valence-corrected chi connectivity index (χ4v) is 4.66. The first-order valence-electron chi connectivity index (χ1n) is 9.61. The van der Waals surface area contributed by atoms with Crippen molar-refractivity contribution in [1.82, 2.24) is 0 Å². The summed E-state index contributed by atoms with van der Waals surface area (Å²) >= 11 is 0. The number of aliphatic hydroxyl groups is 2. The summed E-state index contributed by atoms with van der Waals surface area (Å²) in [6.45, 7) is 7.95. The van der Waals surface area contributed by atoms with Gasteiger partial charge < -0.3 is 20.1 Å². The van der Waals surface area contributed by atoms with E-state index in [9.17, 15) is 15.3 Å². The minimum absolute atomic E-state index is 0.0122. The Morgan fingerprint density at radius 2 is 1.92 bits per heavy atom. The van der Waals surface area contributed by atoms with E-state index in [4.69, 9.17) is 4.74 Å². The smallest absolute Gasteiger partial charge is 0.127 e. The average Bonchev–Trinajstić information content (AvgIpc) is 2.48.